The van der Waals surface area contributed by atoms with Gasteiger partial charge in [0.1, 0.15) is 0 Å². The summed E-state index contributed by atoms with van der Waals surface area (Å²) in [6.07, 6.45) is 0.961. The minimum absolute atomic E-state index is 0.243. The number of anilines is 1. The number of hydrogen-bond donors (Lipinski definition) is 1. The molecule has 0 heterocycles. The molecule has 0 aliphatic heterocycles. The number of nitriles is 1. The van der Waals surface area contributed by atoms with Gasteiger partial charge in [-0.1, -0.05) is 20.8 Å². The van der Waals surface area contributed by atoms with Crippen molar-refractivity contribution in [3.63, 3.8) is 0 Å². The van der Waals surface area contributed by atoms with Crippen LogP contribution in [-0.4, -0.2) is 6.61 Å². The summed E-state index contributed by atoms with van der Waals surface area (Å²) in [4.78, 5) is 0. The monoisotopic (exact) mass is 344 g/mol. The lowest BCUT2D eigenvalue weighted by molar-refractivity contribution is 0.243. The molecule has 3 nitrogen and oxygen atoms in total. The van der Waals surface area contributed by atoms with Crippen LogP contribution in [0.15, 0.2) is 12.1 Å². The lowest BCUT2D eigenvalue weighted by Crippen LogP contribution is -2.12. The smallest absolute Gasteiger partial charge is 0.155 e. The van der Waals surface area contributed by atoms with Gasteiger partial charge in [0.25, 0.3) is 0 Å². The Bertz CT molecular complexity index is 421. The SMILES string of the molecule is CC(C)(C)CCOc1c(N)cc(C#N)cc1I. The van der Waals surface area contributed by atoms with Gasteiger partial charge in [-0.3, -0.25) is 0 Å². The molecule has 0 atom stereocenters. The van der Waals surface area contributed by atoms with E-state index in [0.29, 0.717) is 23.6 Å². The average molecular weight is 344 g/mol. The lowest BCUT2D eigenvalue weighted by Gasteiger charge is -2.19. The minimum atomic E-state index is 0.243. The van der Waals surface area contributed by atoms with Crippen molar-refractivity contribution in [1.82, 2.24) is 0 Å². The van der Waals surface area contributed by atoms with Crippen LogP contribution in [0.5, 0.6) is 5.75 Å². The van der Waals surface area contributed by atoms with E-state index in [2.05, 4.69) is 49.4 Å². The van der Waals surface area contributed by atoms with E-state index in [1.54, 1.807) is 12.1 Å². The first-order valence-electron chi connectivity index (χ1n) is 5.45. The molecule has 0 saturated carbocycles. The summed E-state index contributed by atoms with van der Waals surface area (Å²) < 4.78 is 6.58. The molecule has 4 heteroatoms. The molecule has 0 radical (unpaired) electrons. The van der Waals surface area contributed by atoms with Crippen LogP contribution in [0, 0.1) is 20.3 Å². The van der Waals surface area contributed by atoms with Crippen molar-refractivity contribution in [2.24, 2.45) is 5.41 Å². The third kappa shape index (κ3) is 4.43. The maximum Gasteiger partial charge on any atom is 0.155 e. The lowest BCUT2D eigenvalue weighted by atomic mass is 9.93. The van der Waals surface area contributed by atoms with Crippen LogP contribution >= 0.6 is 22.6 Å². The zero-order valence-electron chi connectivity index (χ0n) is 10.4. The molecule has 0 spiro atoms. The van der Waals surface area contributed by atoms with E-state index in [1.165, 1.54) is 0 Å². The van der Waals surface area contributed by atoms with Gasteiger partial charge in [-0.15, -0.1) is 0 Å². The van der Waals surface area contributed by atoms with E-state index in [1.807, 2.05) is 0 Å². The van der Waals surface area contributed by atoms with E-state index >= 15 is 0 Å². The highest BCUT2D eigenvalue weighted by molar-refractivity contribution is 14.1. The van der Waals surface area contributed by atoms with Gasteiger partial charge in [-0.05, 0) is 46.6 Å². The molecule has 0 aromatic heterocycles. The molecule has 92 valence electrons. The Labute approximate surface area is 116 Å². The normalized spacial score (nSPS) is 11.0. The molecule has 0 aliphatic carbocycles. The first kappa shape index (κ1) is 14.1. The van der Waals surface area contributed by atoms with Crippen molar-refractivity contribution < 1.29 is 4.74 Å². The van der Waals surface area contributed by atoms with Gasteiger partial charge >= 0.3 is 0 Å². The number of nitrogens with zero attached hydrogens (tertiary/aromatic N) is 1. The Morgan fingerprint density at radius 2 is 2.06 bits per heavy atom. The first-order chi connectivity index (χ1) is 7.83. The summed E-state index contributed by atoms with van der Waals surface area (Å²) in [7, 11) is 0. The van der Waals surface area contributed by atoms with Crippen molar-refractivity contribution in [3.8, 4) is 11.8 Å². The number of hydrogen-bond acceptors (Lipinski definition) is 3. The van der Waals surface area contributed by atoms with Crippen LogP contribution in [0.25, 0.3) is 0 Å². The van der Waals surface area contributed by atoms with Gasteiger partial charge < -0.3 is 10.5 Å². The molecule has 0 unspecified atom stereocenters. The topological polar surface area (TPSA) is 59.0 Å². The van der Waals surface area contributed by atoms with Crippen LogP contribution in [0.3, 0.4) is 0 Å². The van der Waals surface area contributed by atoms with Gasteiger partial charge in [0, 0.05) is 0 Å². The third-order valence-corrected chi connectivity index (χ3v) is 3.10. The number of nitrogen functional groups attached to an aromatic ring is 1. The summed E-state index contributed by atoms with van der Waals surface area (Å²) in [6.45, 7) is 7.14. The van der Waals surface area contributed by atoms with Crippen LogP contribution in [0.4, 0.5) is 5.69 Å². The van der Waals surface area contributed by atoms with Gasteiger partial charge in [-0.2, -0.15) is 5.26 Å². The van der Waals surface area contributed by atoms with Crippen LogP contribution in [0.2, 0.25) is 0 Å². The number of benzene rings is 1. The molecule has 1 aromatic rings. The van der Waals surface area contributed by atoms with Crippen LogP contribution in [0.1, 0.15) is 32.8 Å². The van der Waals surface area contributed by atoms with Gasteiger partial charge in [0.15, 0.2) is 5.75 Å². The summed E-state index contributed by atoms with van der Waals surface area (Å²) in [5.41, 5.74) is 7.20. The second-order valence-electron chi connectivity index (χ2n) is 5.15. The molecule has 17 heavy (non-hydrogen) atoms. The molecule has 0 fully saturated rings. The van der Waals surface area contributed by atoms with E-state index in [9.17, 15) is 0 Å². The fourth-order valence-electron chi connectivity index (χ4n) is 1.29. The molecule has 2 N–H and O–H groups in total. The van der Waals surface area contributed by atoms with Crippen LogP contribution in [-0.2, 0) is 0 Å². The molecular formula is C13H17IN2O. The average Bonchev–Trinajstić information content (AvgIpc) is 2.20. The largest absolute Gasteiger partial charge is 0.490 e. The van der Waals surface area contributed by atoms with E-state index < -0.39 is 0 Å². The van der Waals surface area contributed by atoms with E-state index in [0.717, 1.165) is 9.99 Å². The highest BCUT2D eigenvalue weighted by atomic mass is 127. The number of nitrogens with two attached hydrogens (primary N) is 1. The Morgan fingerprint density at radius 1 is 1.41 bits per heavy atom. The molecule has 1 rings (SSSR count). The van der Waals surface area contributed by atoms with Crippen molar-refractivity contribution >= 4 is 28.3 Å². The first-order valence-corrected chi connectivity index (χ1v) is 6.53. The van der Waals surface area contributed by atoms with E-state index in [-0.39, 0.29) is 5.41 Å². The van der Waals surface area contributed by atoms with Crippen molar-refractivity contribution in [2.75, 3.05) is 12.3 Å². The van der Waals surface area contributed by atoms with Crippen molar-refractivity contribution in [1.29, 1.82) is 5.26 Å². The maximum absolute atomic E-state index is 8.81. The van der Waals surface area contributed by atoms with Gasteiger partial charge in [0.2, 0.25) is 0 Å². The molecule has 0 aliphatic rings. The highest BCUT2D eigenvalue weighted by Gasteiger charge is 2.12. The Balaban J connectivity index is 2.76. The Kier molecular flexibility index (Phi) is 4.63. The van der Waals surface area contributed by atoms with Gasteiger partial charge in [-0.25, -0.2) is 0 Å². The Morgan fingerprint density at radius 3 is 2.53 bits per heavy atom. The summed E-state index contributed by atoms with van der Waals surface area (Å²) in [6, 6.07) is 5.50. The molecule has 1 aromatic carbocycles. The van der Waals surface area contributed by atoms with E-state index in [4.69, 9.17) is 15.7 Å². The Hall–Kier alpha value is -0.960. The third-order valence-electron chi connectivity index (χ3n) is 2.30. The fraction of sp³-hybridized carbons (Fsp3) is 0.462. The minimum Gasteiger partial charge on any atom is -0.490 e. The second kappa shape index (κ2) is 5.58. The standard InChI is InChI=1S/C13H17IN2O/c1-13(2,3)4-5-17-12-10(14)6-9(8-15)7-11(12)16/h6-7H,4-5,16H2,1-3H3. The number of rotatable bonds is 3. The quantitative estimate of drug-likeness (QED) is 0.674. The zero-order chi connectivity index (χ0) is 13.1. The van der Waals surface area contributed by atoms with Crippen LogP contribution < -0.4 is 10.5 Å². The predicted molar refractivity (Wildman–Crippen MR) is 77.9 cm³/mol. The molecule has 0 amide bonds. The molecule has 0 bridgehead atoms. The fourth-order valence-corrected chi connectivity index (χ4v) is 2.09. The molecule has 0 saturated heterocycles. The van der Waals surface area contributed by atoms with Crippen molar-refractivity contribution in [3.05, 3.63) is 21.3 Å². The summed E-state index contributed by atoms with van der Waals surface area (Å²) in [5, 5.41) is 8.81. The second-order valence-corrected chi connectivity index (χ2v) is 6.31. The number of ether oxygens (including phenoxy) is 1. The van der Waals surface area contributed by atoms with Crippen molar-refractivity contribution in [2.45, 2.75) is 27.2 Å². The number of halogens is 1. The maximum atomic E-state index is 8.81. The molecular weight excluding hydrogens is 327 g/mol. The highest BCUT2D eigenvalue weighted by Crippen LogP contribution is 2.30. The summed E-state index contributed by atoms with van der Waals surface area (Å²) >= 11 is 2.14. The summed E-state index contributed by atoms with van der Waals surface area (Å²) in [5.74, 6) is 0.689. The zero-order valence-corrected chi connectivity index (χ0v) is 12.5. The predicted octanol–water partition coefficient (Wildman–Crippen LogP) is 3.56. The van der Waals surface area contributed by atoms with Gasteiger partial charge in [0.05, 0.1) is 27.5 Å².